The monoisotopic (exact) mass is 253 g/mol. The Kier molecular flexibility index (Phi) is 2.43. The number of hydrogen-bond acceptors (Lipinski definition) is 1. The average Bonchev–Trinajstić information content (AvgIpc) is 2.36. The van der Waals surface area contributed by atoms with Gasteiger partial charge in [0.25, 0.3) is 0 Å². The first kappa shape index (κ1) is 11.3. The molecule has 0 saturated carbocycles. The van der Waals surface area contributed by atoms with Gasteiger partial charge in [-0.05, 0) is 25.7 Å². The minimum atomic E-state index is -1.59. The number of pyridine rings is 1. The fraction of sp³-hybridized carbons (Fsp3) is 0.308. The number of hydrogen-bond donors (Lipinski definition) is 1. The molecule has 0 amide bonds. The lowest BCUT2D eigenvalue weighted by atomic mass is 9.94. The van der Waals surface area contributed by atoms with Crippen LogP contribution in [0.1, 0.15) is 24.1 Å². The Morgan fingerprint density at radius 2 is 1.78 bits per heavy atom. The standard InChI is InChI=1S/C13H10F3NO/c14-7-5-9-10(12(16)11(7)15)13(18)6-3-1-2-4-8(6)17-9/h5H,1-4H2,(H,17,18). The van der Waals surface area contributed by atoms with Crippen molar-refractivity contribution < 1.29 is 13.2 Å². The summed E-state index contributed by atoms with van der Waals surface area (Å²) in [6, 6.07) is 0.837. The minimum absolute atomic E-state index is 0.0250. The van der Waals surface area contributed by atoms with Crippen molar-refractivity contribution in [2.45, 2.75) is 25.7 Å². The van der Waals surface area contributed by atoms with Crippen LogP contribution in [-0.2, 0) is 12.8 Å². The van der Waals surface area contributed by atoms with Crippen molar-refractivity contribution in [3.63, 3.8) is 0 Å². The molecule has 0 aliphatic heterocycles. The molecular weight excluding hydrogens is 243 g/mol. The molecule has 2 nitrogen and oxygen atoms in total. The van der Waals surface area contributed by atoms with Crippen molar-refractivity contribution in [2.75, 3.05) is 0 Å². The predicted octanol–water partition coefficient (Wildman–Crippen LogP) is 2.82. The molecule has 0 radical (unpaired) electrons. The quantitative estimate of drug-likeness (QED) is 0.719. The van der Waals surface area contributed by atoms with Crippen molar-refractivity contribution >= 4 is 10.9 Å². The first-order valence-corrected chi connectivity index (χ1v) is 5.81. The van der Waals surface area contributed by atoms with Crippen molar-refractivity contribution in [3.8, 4) is 0 Å². The van der Waals surface area contributed by atoms with E-state index in [-0.39, 0.29) is 10.9 Å². The molecule has 1 N–H and O–H groups in total. The van der Waals surface area contributed by atoms with Gasteiger partial charge < -0.3 is 4.98 Å². The number of nitrogens with one attached hydrogen (secondary N) is 1. The number of aryl methyl sites for hydroxylation is 1. The zero-order valence-electron chi connectivity index (χ0n) is 9.45. The lowest BCUT2D eigenvalue weighted by molar-refractivity contribution is 0.453. The fourth-order valence-corrected chi connectivity index (χ4v) is 2.52. The van der Waals surface area contributed by atoms with Gasteiger partial charge >= 0.3 is 0 Å². The highest BCUT2D eigenvalue weighted by Crippen LogP contribution is 2.23. The molecule has 0 atom stereocenters. The highest BCUT2D eigenvalue weighted by molar-refractivity contribution is 5.80. The van der Waals surface area contributed by atoms with Gasteiger partial charge in [-0.2, -0.15) is 0 Å². The molecule has 1 aromatic heterocycles. The molecule has 2 aromatic rings. The number of H-pyrrole nitrogens is 1. The maximum Gasteiger partial charge on any atom is 0.195 e. The number of rotatable bonds is 0. The molecule has 3 rings (SSSR count). The highest BCUT2D eigenvalue weighted by Gasteiger charge is 2.21. The van der Waals surface area contributed by atoms with Gasteiger partial charge in [0, 0.05) is 17.3 Å². The smallest absolute Gasteiger partial charge is 0.195 e. The number of aromatic amines is 1. The Balaban J connectivity index is 2.47. The van der Waals surface area contributed by atoms with E-state index >= 15 is 0 Å². The summed E-state index contributed by atoms with van der Waals surface area (Å²) in [5.41, 5.74) is 0.717. The Morgan fingerprint density at radius 3 is 2.56 bits per heavy atom. The second-order valence-electron chi connectivity index (χ2n) is 4.53. The predicted molar refractivity (Wildman–Crippen MR) is 61.1 cm³/mol. The summed E-state index contributed by atoms with van der Waals surface area (Å²) < 4.78 is 40.0. The van der Waals surface area contributed by atoms with Crippen molar-refractivity contribution in [3.05, 3.63) is 45.0 Å². The minimum Gasteiger partial charge on any atom is -0.358 e. The van der Waals surface area contributed by atoms with Crippen LogP contribution in [0.2, 0.25) is 0 Å². The number of halogens is 3. The zero-order valence-corrected chi connectivity index (χ0v) is 9.45. The Labute approximate surface area is 100 Å². The van der Waals surface area contributed by atoms with Crippen LogP contribution < -0.4 is 5.43 Å². The van der Waals surface area contributed by atoms with Crippen LogP contribution in [0.3, 0.4) is 0 Å². The van der Waals surface area contributed by atoms with Crippen LogP contribution in [0.5, 0.6) is 0 Å². The maximum absolute atomic E-state index is 13.7. The van der Waals surface area contributed by atoms with Gasteiger partial charge in [0.15, 0.2) is 22.9 Å². The first-order valence-electron chi connectivity index (χ1n) is 5.81. The van der Waals surface area contributed by atoms with Crippen LogP contribution in [0.25, 0.3) is 10.9 Å². The summed E-state index contributed by atoms with van der Waals surface area (Å²) in [7, 11) is 0. The third kappa shape index (κ3) is 1.46. The average molecular weight is 253 g/mol. The molecule has 0 bridgehead atoms. The molecule has 94 valence electrons. The second kappa shape index (κ2) is 3.86. The highest BCUT2D eigenvalue weighted by atomic mass is 19.2. The number of benzene rings is 1. The molecule has 1 aliphatic carbocycles. The second-order valence-corrected chi connectivity index (χ2v) is 4.53. The van der Waals surface area contributed by atoms with E-state index in [0.717, 1.165) is 18.9 Å². The third-order valence-electron chi connectivity index (χ3n) is 3.42. The van der Waals surface area contributed by atoms with E-state index in [1.807, 2.05) is 0 Å². The molecular formula is C13H10F3NO. The summed E-state index contributed by atoms with van der Waals surface area (Å²) in [5, 5.41) is -0.380. The Morgan fingerprint density at radius 1 is 1.06 bits per heavy atom. The van der Waals surface area contributed by atoms with Crippen molar-refractivity contribution in [2.24, 2.45) is 0 Å². The third-order valence-corrected chi connectivity index (χ3v) is 3.42. The van der Waals surface area contributed by atoms with Gasteiger partial charge in [0.1, 0.15) is 0 Å². The summed E-state index contributed by atoms with van der Waals surface area (Å²) in [6.07, 6.45) is 3.02. The fourth-order valence-electron chi connectivity index (χ4n) is 2.52. The molecule has 0 spiro atoms. The van der Waals surface area contributed by atoms with Gasteiger partial charge in [-0.3, -0.25) is 4.79 Å². The summed E-state index contributed by atoms with van der Waals surface area (Å²) in [5.74, 6) is -4.28. The number of aromatic nitrogens is 1. The van der Waals surface area contributed by atoms with Crippen molar-refractivity contribution in [1.29, 1.82) is 0 Å². The molecule has 0 fully saturated rings. The molecule has 18 heavy (non-hydrogen) atoms. The Hall–Kier alpha value is -1.78. The lowest BCUT2D eigenvalue weighted by Crippen LogP contribution is -2.20. The van der Waals surface area contributed by atoms with Gasteiger partial charge in [0.05, 0.1) is 10.9 Å². The Bertz CT molecular complexity index is 706. The largest absolute Gasteiger partial charge is 0.358 e. The van der Waals surface area contributed by atoms with Crippen LogP contribution in [0.15, 0.2) is 10.9 Å². The molecule has 1 heterocycles. The van der Waals surface area contributed by atoms with Crippen LogP contribution >= 0.6 is 0 Å². The van der Waals surface area contributed by atoms with Gasteiger partial charge in [-0.25, -0.2) is 13.2 Å². The van der Waals surface area contributed by atoms with Gasteiger partial charge in [0.2, 0.25) is 0 Å². The van der Waals surface area contributed by atoms with Crippen LogP contribution in [0.4, 0.5) is 13.2 Å². The molecule has 1 aromatic carbocycles. The maximum atomic E-state index is 13.7. The molecule has 5 heteroatoms. The molecule has 0 unspecified atom stereocenters. The normalized spacial score (nSPS) is 14.8. The van der Waals surface area contributed by atoms with Gasteiger partial charge in [-0.15, -0.1) is 0 Å². The van der Waals surface area contributed by atoms with Crippen LogP contribution in [0, 0.1) is 17.5 Å². The first-order chi connectivity index (χ1) is 8.59. The lowest BCUT2D eigenvalue weighted by Gasteiger charge is -2.16. The van der Waals surface area contributed by atoms with E-state index in [4.69, 9.17) is 0 Å². The van der Waals surface area contributed by atoms with E-state index in [2.05, 4.69) is 4.98 Å². The SMILES string of the molecule is O=c1c2c([nH]c3cc(F)c(F)c(F)c13)CCCC2. The zero-order chi connectivity index (χ0) is 12.9. The summed E-state index contributed by atoms with van der Waals surface area (Å²) in [4.78, 5) is 15.0. The van der Waals surface area contributed by atoms with Gasteiger partial charge in [-0.1, -0.05) is 0 Å². The molecule has 1 aliphatic rings. The number of fused-ring (bicyclic) bond motifs is 2. The van der Waals surface area contributed by atoms with E-state index in [0.29, 0.717) is 24.1 Å². The molecule has 0 saturated heterocycles. The summed E-state index contributed by atoms with van der Waals surface area (Å²) >= 11 is 0. The van der Waals surface area contributed by atoms with E-state index in [9.17, 15) is 18.0 Å². The van der Waals surface area contributed by atoms with E-state index < -0.39 is 22.9 Å². The summed E-state index contributed by atoms with van der Waals surface area (Å²) in [6.45, 7) is 0. The van der Waals surface area contributed by atoms with Crippen LogP contribution in [-0.4, -0.2) is 4.98 Å². The van der Waals surface area contributed by atoms with E-state index in [1.54, 1.807) is 0 Å². The van der Waals surface area contributed by atoms with Crippen molar-refractivity contribution in [1.82, 2.24) is 4.98 Å². The van der Waals surface area contributed by atoms with E-state index in [1.165, 1.54) is 0 Å². The topological polar surface area (TPSA) is 32.9 Å².